The number of aromatic nitrogens is 1. The van der Waals surface area contributed by atoms with E-state index in [9.17, 15) is 8.42 Å². The molecular formula is C18H14Cl2N2O3S. The van der Waals surface area contributed by atoms with Crippen LogP contribution in [0.1, 0.15) is 24.7 Å². The molecule has 1 aromatic heterocycles. The zero-order chi connectivity index (χ0) is 18.3. The third-order valence-electron chi connectivity index (χ3n) is 4.07. The number of benzene rings is 2. The van der Waals surface area contributed by atoms with Gasteiger partial charge in [0.1, 0.15) is 0 Å². The lowest BCUT2D eigenvalue weighted by Gasteiger charge is -2.10. The molecule has 0 unspecified atom stereocenters. The Hall–Kier alpha value is -2.02. The van der Waals surface area contributed by atoms with Gasteiger partial charge in [0.25, 0.3) is 10.0 Å². The molecule has 0 aliphatic heterocycles. The van der Waals surface area contributed by atoms with Gasteiger partial charge in [-0.25, -0.2) is 13.4 Å². The second kappa shape index (κ2) is 6.61. The number of oxazole rings is 1. The molecule has 0 atom stereocenters. The maximum absolute atomic E-state index is 12.6. The average molecular weight is 409 g/mol. The molecule has 0 saturated heterocycles. The molecular weight excluding hydrogens is 395 g/mol. The van der Waals surface area contributed by atoms with Crippen LogP contribution in [-0.2, 0) is 10.0 Å². The van der Waals surface area contributed by atoms with Gasteiger partial charge in [0, 0.05) is 16.5 Å². The van der Waals surface area contributed by atoms with Crippen LogP contribution in [0.25, 0.3) is 11.3 Å². The molecule has 1 N–H and O–H groups in total. The predicted octanol–water partition coefficient (Wildman–Crippen LogP) is 5.33. The van der Waals surface area contributed by atoms with Gasteiger partial charge in [-0.2, -0.15) is 0 Å². The Labute approximate surface area is 161 Å². The Bertz CT molecular complexity index is 1060. The Morgan fingerprint density at radius 3 is 2.50 bits per heavy atom. The molecule has 26 heavy (non-hydrogen) atoms. The molecule has 8 heteroatoms. The minimum atomic E-state index is -3.79. The fourth-order valence-corrected chi connectivity index (χ4v) is 3.98. The summed E-state index contributed by atoms with van der Waals surface area (Å²) in [5, 5.41) is 0.656. The molecule has 1 aliphatic rings. The van der Waals surface area contributed by atoms with Crippen molar-refractivity contribution in [3.05, 3.63) is 64.6 Å². The first-order valence-corrected chi connectivity index (χ1v) is 10.2. The summed E-state index contributed by atoms with van der Waals surface area (Å²) in [6.07, 6.45) is 3.88. The van der Waals surface area contributed by atoms with E-state index in [1.807, 2.05) is 0 Å². The van der Waals surface area contributed by atoms with Crippen LogP contribution in [0, 0.1) is 0 Å². The standard InChI is InChI=1S/C18H14Cl2N2O3S/c19-13-5-8-15(20)16(9-13)22-26(23,24)14-6-3-11(4-7-14)17-10-21-18(25-17)12-1-2-12/h3-10,12,22H,1-2H2. The molecule has 4 rings (SSSR count). The molecule has 1 saturated carbocycles. The number of nitrogens with one attached hydrogen (secondary N) is 1. The largest absolute Gasteiger partial charge is 0.440 e. The summed E-state index contributed by atoms with van der Waals surface area (Å²) in [7, 11) is -3.79. The molecule has 5 nitrogen and oxygen atoms in total. The van der Waals surface area contributed by atoms with Gasteiger partial charge in [0.15, 0.2) is 11.7 Å². The number of hydrogen-bond donors (Lipinski definition) is 1. The van der Waals surface area contributed by atoms with Gasteiger partial charge in [0.05, 0.1) is 21.8 Å². The Balaban J connectivity index is 1.57. The zero-order valence-corrected chi connectivity index (χ0v) is 15.8. The second-order valence-corrected chi connectivity index (χ2v) is 8.62. The van der Waals surface area contributed by atoms with Crippen molar-refractivity contribution >= 4 is 38.9 Å². The summed E-state index contributed by atoms with van der Waals surface area (Å²) in [5.41, 5.74) is 0.997. The van der Waals surface area contributed by atoms with E-state index in [0.29, 0.717) is 16.7 Å². The third kappa shape index (κ3) is 3.58. The highest BCUT2D eigenvalue weighted by Gasteiger charge is 2.28. The van der Waals surface area contributed by atoms with E-state index < -0.39 is 10.0 Å². The summed E-state index contributed by atoms with van der Waals surface area (Å²) in [6, 6.07) is 11.0. The second-order valence-electron chi connectivity index (χ2n) is 6.09. The van der Waals surface area contributed by atoms with Crippen molar-refractivity contribution < 1.29 is 12.8 Å². The average Bonchev–Trinajstić information content (AvgIpc) is 3.35. The van der Waals surface area contributed by atoms with E-state index in [1.165, 1.54) is 24.3 Å². The van der Waals surface area contributed by atoms with Crippen LogP contribution >= 0.6 is 23.2 Å². The van der Waals surface area contributed by atoms with Gasteiger partial charge in [-0.3, -0.25) is 4.72 Å². The van der Waals surface area contributed by atoms with E-state index in [1.54, 1.807) is 24.4 Å². The third-order valence-corrected chi connectivity index (χ3v) is 6.02. The molecule has 0 bridgehead atoms. The van der Waals surface area contributed by atoms with Crippen LogP contribution in [-0.4, -0.2) is 13.4 Å². The van der Waals surface area contributed by atoms with E-state index in [-0.39, 0.29) is 15.6 Å². The molecule has 0 spiro atoms. The van der Waals surface area contributed by atoms with Crippen molar-refractivity contribution in [2.75, 3.05) is 4.72 Å². The lowest BCUT2D eigenvalue weighted by atomic mass is 10.2. The molecule has 1 aliphatic carbocycles. The summed E-state index contributed by atoms with van der Waals surface area (Å²) >= 11 is 11.9. The fourth-order valence-electron chi connectivity index (χ4n) is 2.52. The first kappa shape index (κ1) is 17.4. The van der Waals surface area contributed by atoms with Crippen molar-refractivity contribution in [1.82, 2.24) is 4.98 Å². The van der Waals surface area contributed by atoms with E-state index in [0.717, 1.165) is 24.3 Å². The topological polar surface area (TPSA) is 72.2 Å². The van der Waals surface area contributed by atoms with Crippen molar-refractivity contribution in [2.45, 2.75) is 23.7 Å². The Kier molecular flexibility index (Phi) is 4.42. The van der Waals surface area contributed by atoms with E-state index in [4.69, 9.17) is 27.6 Å². The highest BCUT2D eigenvalue weighted by Crippen LogP contribution is 2.40. The number of anilines is 1. The fraction of sp³-hybridized carbons (Fsp3) is 0.167. The first-order valence-electron chi connectivity index (χ1n) is 7.96. The number of hydrogen-bond acceptors (Lipinski definition) is 4. The number of halogens is 2. The number of sulfonamides is 1. The van der Waals surface area contributed by atoms with Gasteiger partial charge < -0.3 is 4.42 Å². The molecule has 1 fully saturated rings. The lowest BCUT2D eigenvalue weighted by molar-refractivity contribution is 0.509. The molecule has 1 heterocycles. The normalized spacial score (nSPS) is 14.4. The maximum atomic E-state index is 12.6. The van der Waals surface area contributed by atoms with Crippen LogP contribution in [0.15, 0.2) is 58.0 Å². The van der Waals surface area contributed by atoms with Crippen molar-refractivity contribution in [3.63, 3.8) is 0 Å². The summed E-state index contributed by atoms with van der Waals surface area (Å²) in [5.74, 6) is 1.80. The first-order chi connectivity index (χ1) is 12.4. The summed E-state index contributed by atoms with van der Waals surface area (Å²) in [4.78, 5) is 4.39. The van der Waals surface area contributed by atoms with Gasteiger partial charge >= 0.3 is 0 Å². The van der Waals surface area contributed by atoms with Crippen LogP contribution in [0.3, 0.4) is 0 Å². The maximum Gasteiger partial charge on any atom is 0.261 e. The van der Waals surface area contributed by atoms with Crippen molar-refractivity contribution in [3.8, 4) is 11.3 Å². The van der Waals surface area contributed by atoms with Gasteiger partial charge in [-0.1, -0.05) is 23.2 Å². The van der Waals surface area contributed by atoms with Crippen LogP contribution in [0.2, 0.25) is 10.0 Å². The van der Waals surface area contributed by atoms with Crippen LogP contribution in [0.5, 0.6) is 0 Å². The summed E-state index contributed by atoms with van der Waals surface area (Å²) in [6.45, 7) is 0. The summed E-state index contributed by atoms with van der Waals surface area (Å²) < 4.78 is 33.3. The van der Waals surface area contributed by atoms with Crippen molar-refractivity contribution in [2.24, 2.45) is 0 Å². The molecule has 2 aromatic carbocycles. The van der Waals surface area contributed by atoms with Gasteiger partial charge in [-0.05, 0) is 55.3 Å². The lowest BCUT2D eigenvalue weighted by Crippen LogP contribution is -2.13. The highest BCUT2D eigenvalue weighted by atomic mass is 35.5. The molecule has 0 radical (unpaired) electrons. The molecule has 134 valence electrons. The monoisotopic (exact) mass is 408 g/mol. The highest BCUT2D eigenvalue weighted by molar-refractivity contribution is 7.92. The van der Waals surface area contributed by atoms with E-state index in [2.05, 4.69) is 9.71 Å². The Morgan fingerprint density at radius 2 is 1.81 bits per heavy atom. The minimum absolute atomic E-state index is 0.110. The molecule has 3 aromatic rings. The van der Waals surface area contributed by atoms with Gasteiger partial charge in [-0.15, -0.1) is 0 Å². The number of rotatable bonds is 5. The van der Waals surface area contributed by atoms with Crippen LogP contribution in [0.4, 0.5) is 5.69 Å². The predicted molar refractivity (Wildman–Crippen MR) is 101 cm³/mol. The van der Waals surface area contributed by atoms with E-state index >= 15 is 0 Å². The van der Waals surface area contributed by atoms with Gasteiger partial charge in [0.2, 0.25) is 0 Å². The molecule has 0 amide bonds. The van der Waals surface area contributed by atoms with Crippen molar-refractivity contribution in [1.29, 1.82) is 0 Å². The SMILES string of the molecule is O=S(=O)(Nc1cc(Cl)ccc1Cl)c1ccc(-c2cnc(C3CC3)o2)cc1. The zero-order valence-electron chi connectivity index (χ0n) is 13.4. The minimum Gasteiger partial charge on any atom is -0.440 e. The smallest absolute Gasteiger partial charge is 0.261 e. The van der Waals surface area contributed by atoms with Crippen LogP contribution < -0.4 is 4.72 Å². The quantitative estimate of drug-likeness (QED) is 0.619. The number of nitrogens with zero attached hydrogens (tertiary/aromatic N) is 1. The Morgan fingerprint density at radius 1 is 1.08 bits per heavy atom.